The Hall–Kier alpha value is -3.52. The smallest absolute Gasteiger partial charge is 0.185 e. The summed E-state index contributed by atoms with van der Waals surface area (Å²) < 4.78 is 0. The number of hydrogen-bond donors (Lipinski definition) is 0. The lowest BCUT2D eigenvalue weighted by Crippen LogP contribution is -2.02. The van der Waals surface area contributed by atoms with Crippen LogP contribution in [0.2, 0.25) is 0 Å². The Morgan fingerprint density at radius 2 is 1.71 bits per heavy atom. The van der Waals surface area contributed by atoms with E-state index in [0.29, 0.717) is 17.5 Å². The number of allylic oxidation sites excluding steroid dienone is 2. The normalized spacial score (nSPS) is 13.0. The summed E-state index contributed by atoms with van der Waals surface area (Å²) in [6.45, 7) is 2.00. The lowest BCUT2D eigenvalue weighted by atomic mass is 9.87. The van der Waals surface area contributed by atoms with E-state index in [2.05, 4.69) is 36.4 Å². The molecule has 3 aromatic carbocycles. The summed E-state index contributed by atoms with van der Waals surface area (Å²) in [6.07, 6.45) is 8.95. The van der Waals surface area contributed by atoms with Crippen molar-refractivity contribution in [3.8, 4) is 0 Å². The number of hydrogen-bond acceptors (Lipinski definition) is 2. The predicted octanol–water partition coefficient (Wildman–Crippen LogP) is 7.05. The third-order valence-electron chi connectivity index (χ3n) is 5.68. The highest BCUT2D eigenvalue weighted by molar-refractivity contribution is 6.07. The molecule has 31 heavy (non-hydrogen) atoms. The van der Waals surface area contributed by atoms with Gasteiger partial charge in [0.15, 0.2) is 11.6 Å². The van der Waals surface area contributed by atoms with E-state index in [1.807, 2.05) is 49.4 Å². The van der Waals surface area contributed by atoms with Gasteiger partial charge in [0.2, 0.25) is 0 Å². The van der Waals surface area contributed by atoms with Crippen molar-refractivity contribution in [2.45, 2.75) is 32.6 Å². The first-order chi connectivity index (χ1) is 15.1. The topological polar surface area (TPSA) is 34.1 Å². The van der Waals surface area contributed by atoms with E-state index in [0.717, 1.165) is 30.4 Å². The molecule has 1 aliphatic rings. The number of carbonyl (C=O) groups excluding carboxylic acids is 2. The summed E-state index contributed by atoms with van der Waals surface area (Å²) in [5, 5.41) is 0. The van der Waals surface area contributed by atoms with E-state index in [-0.39, 0.29) is 11.6 Å². The molecule has 2 nitrogen and oxygen atoms in total. The maximum absolute atomic E-state index is 12.8. The van der Waals surface area contributed by atoms with Crippen LogP contribution in [0.1, 0.15) is 69.2 Å². The molecule has 154 valence electrons. The van der Waals surface area contributed by atoms with Crippen molar-refractivity contribution in [2.24, 2.45) is 0 Å². The molecule has 3 aromatic rings. The Labute approximate surface area is 183 Å². The molecule has 0 N–H and O–H groups in total. The minimum absolute atomic E-state index is 0.0340. The van der Waals surface area contributed by atoms with Crippen LogP contribution >= 0.6 is 0 Å². The van der Waals surface area contributed by atoms with Crippen LogP contribution in [-0.2, 0) is 6.42 Å². The van der Waals surface area contributed by atoms with E-state index in [1.165, 1.54) is 16.7 Å². The first-order valence-electron chi connectivity index (χ1n) is 10.9. The van der Waals surface area contributed by atoms with Gasteiger partial charge in [-0.2, -0.15) is 0 Å². The molecule has 1 aliphatic carbocycles. The van der Waals surface area contributed by atoms with Crippen LogP contribution in [0.3, 0.4) is 0 Å². The standard InChI is InChI=1S/C29H26O2/c1-2-7-28(30)25-11-6-8-21(18-25)12-17-29(31)26-16-14-23-13-15-24(19-27(23)20-26)22-9-4-3-5-10-22/h3-6,8-12,14,16-20H,2,7,13,15H2,1H3. The fourth-order valence-electron chi connectivity index (χ4n) is 3.97. The van der Waals surface area contributed by atoms with Gasteiger partial charge < -0.3 is 0 Å². The molecule has 0 bridgehead atoms. The Balaban J connectivity index is 1.54. The summed E-state index contributed by atoms with van der Waals surface area (Å²) in [5.41, 5.74) is 7.19. The maximum Gasteiger partial charge on any atom is 0.185 e. The van der Waals surface area contributed by atoms with E-state index >= 15 is 0 Å². The fraction of sp³-hybridized carbons (Fsp3) is 0.172. The molecule has 0 amide bonds. The van der Waals surface area contributed by atoms with Crippen LogP contribution in [0, 0.1) is 0 Å². The Kier molecular flexibility index (Phi) is 6.37. The number of aryl methyl sites for hydroxylation is 1. The van der Waals surface area contributed by atoms with Crippen LogP contribution in [-0.4, -0.2) is 11.6 Å². The molecule has 0 spiro atoms. The molecule has 0 fully saturated rings. The quantitative estimate of drug-likeness (QED) is 0.311. The van der Waals surface area contributed by atoms with Gasteiger partial charge in [-0.15, -0.1) is 0 Å². The average molecular weight is 407 g/mol. The zero-order valence-corrected chi connectivity index (χ0v) is 17.8. The molecule has 0 aromatic heterocycles. The molecular weight excluding hydrogens is 380 g/mol. The van der Waals surface area contributed by atoms with Crippen molar-refractivity contribution in [1.29, 1.82) is 0 Å². The second-order valence-corrected chi connectivity index (χ2v) is 7.95. The molecule has 0 unspecified atom stereocenters. The van der Waals surface area contributed by atoms with Gasteiger partial charge in [0.1, 0.15) is 0 Å². The highest BCUT2D eigenvalue weighted by Crippen LogP contribution is 2.31. The van der Waals surface area contributed by atoms with Crippen LogP contribution in [0.15, 0.2) is 78.9 Å². The van der Waals surface area contributed by atoms with E-state index in [4.69, 9.17) is 0 Å². The van der Waals surface area contributed by atoms with Crippen LogP contribution in [0.4, 0.5) is 0 Å². The van der Waals surface area contributed by atoms with Crippen molar-refractivity contribution in [1.82, 2.24) is 0 Å². The summed E-state index contributed by atoms with van der Waals surface area (Å²) >= 11 is 0. The molecule has 0 heterocycles. The number of benzene rings is 3. The van der Waals surface area contributed by atoms with E-state index in [1.54, 1.807) is 12.2 Å². The molecule has 0 radical (unpaired) electrons. The van der Waals surface area contributed by atoms with E-state index < -0.39 is 0 Å². The third-order valence-corrected chi connectivity index (χ3v) is 5.68. The monoisotopic (exact) mass is 406 g/mol. The van der Waals surface area contributed by atoms with Gasteiger partial charge in [-0.3, -0.25) is 9.59 Å². The molecule has 4 rings (SSSR count). The summed E-state index contributed by atoms with van der Waals surface area (Å²) in [5.74, 6) is 0.105. The van der Waals surface area contributed by atoms with Crippen LogP contribution < -0.4 is 0 Å². The van der Waals surface area contributed by atoms with Crippen molar-refractivity contribution in [3.05, 3.63) is 112 Å². The van der Waals surface area contributed by atoms with Crippen LogP contribution in [0.25, 0.3) is 17.7 Å². The highest BCUT2D eigenvalue weighted by Gasteiger charge is 2.14. The number of rotatable bonds is 7. The first-order valence-corrected chi connectivity index (χ1v) is 10.9. The molecule has 0 saturated carbocycles. The predicted molar refractivity (Wildman–Crippen MR) is 128 cm³/mol. The van der Waals surface area contributed by atoms with E-state index in [9.17, 15) is 9.59 Å². The second kappa shape index (κ2) is 9.53. The Bertz CT molecular complexity index is 1170. The fourth-order valence-corrected chi connectivity index (χ4v) is 3.97. The van der Waals surface area contributed by atoms with Gasteiger partial charge in [-0.05, 0) is 65.3 Å². The minimum atomic E-state index is -0.0340. The largest absolute Gasteiger partial charge is 0.294 e. The summed E-state index contributed by atoms with van der Waals surface area (Å²) in [7, 11) is 0. The van der Waals surface area contributed by atoms with Gasteiger partial charge in [-0.25, -0.2) is 0 Å². The van der Waals surface area contributed by atoms with Crippen molar-refractivity contribution < 1.29 is 9.59 Å². The molecule has 0 aliphatic heterocycles. The average Bonchev–Trinajstić information content (AvgIpc) is 2.82. The molecule has 0 saturated heterocycles. The third kappa shape index (κ3) is 4.97. The van der Waals surface area contributed by atoms with Gasteiger partial charge >= 0.3 is 0 Å². The molecule has 0 atom stereocenters. The maximum atomic E-state index is 12.8. The Morgan fingerprint density at radius 3 is 2.52 bits per heavy atom. The highest BCUT2D eigenvalue weighted by atomic mass is 16.1. The van der Waals surface area contributed by atoms with Gasteiger partial charge in [0, 0.05) is 17.5 Å². The van der Waals surface area contributed by atoms with Gasteiger partial charge in [0.25, 0.3) is 0 Å². The molecule has 2 heteroatoms. The van der Waals surface area contributed by atoms with Crippen molar-refractivity contribution >= 4 is 29.3 Å². The van der Waals surface area contributed by atoms with Gasteiger partial charge in [0.05, 0.1) is 0 Å². The first kappa shape index (κ1) is 20.7. The lowest BCUT2D eigenvalue weighted by Gasteiger charge is -2.17. The number of ketones is 2. The molecular formula is C29H26O2. The number of fused-ring (bicyclic) bond motifs is 1. The SMILES string of the molecule is CCCC(=O)c1cccc(C=CC(=O)c2ccc3c(c2)C=C(c2ccccc2)CC3)c1. The van der Waals surface area contributed by atoms with Crippen LogP contribution in [0.5, 0.6) is 0 Å². The zero-order valence-electron chi connectivity index (χ0n) is 17.8. The van der Waals surface area contributed by atoms with Crippen molar-refractivity contribution in [2.75, 3.05) is 0 Å². The number of carbonyl (C=O) groups is 2. The Morgan fingerprint density at radius 1 is 0.871 bits per heavy atom. The summed E-state index contributed by atoms with van der Waals surface area (Å²) in [4.78, 5) is 24.9. The summed E-state index contributed by atoms with van der Waals surface area (Å²) in [6, 6.07) is 23.8. The minimum Gasteiger partial charge on any atom is -0.294 e. The lowest BCUT2D eigenvalue weighted by molar-refractivity contribution is 0.0981. The van der Waals surface area contributed by atoms with Gasteiger partial charge in [-0.1, -0.05) is 79.7 Å². The second-order valence-electron chi connectivity index (χ2n) is 7.95. The zero-order chi connectivity index (χ0) is 21.6. The number of Topliss-reactive ketones (excluding diaryl/α,β-unsaturated/α-hetero) is 1. The van der Waals surface area contributed by atoms with Crippen molar-refractivity contribution in [3.63, 3.8) is 0 Å².